The van der Waals surface area contributed by atoms with Gasteiger partial charge in [0.1, 0.15) is 0 Å². The molecule has 0 aromatic heterocycles. The minimum atomic E-state index is 0.518. The van der Waals surface area contributed by atoms with E-state index in [-0.39, 0.29) is 0 Å². The van der Waals surface area contributed by atoms with E-state index >= 15 is 0 Å². The summed E-state index contributed by atoms with van der Waals surface area (Å²) in [5.41, 5.74) is 1.16. The highest BCUT2D eigenvalue weighted by Crippen LogP contribution is 2.30. The second kappa shape index (κ2) is 6.84. The highest BCUT2D eigenvalue weighted by molar-refractivity contribution is 6.30. The average Bonchev–Trinajstić information content (AvgIpc) is 2.42. The van der Waals surface area contributed by atoms with Crippen LogP contribution in [0.1, 0.15) is 38.5 Å². The molecule has 2 heteroatoms. The standard InChI is InChI=1S/C16H22ClN/c1-2-6-16(13-7-4-3-5-8-13)18-15-11-9-14(17)10-12-15/h2,9-13,16,18H,1,3-8H2. The van der Waals surface area contributed by atoms with Crippen LogP contribution in [-0.2, 0) is 0 Å². The molecule has 1 N–H and O–H groups in total. The van der Waals surface area contributed by atoms with Gasteiger partial charge in [0, 0.05) is 16.8 Å². The Bertz CT molecular complexity index is 365. The molecule has 0 aliphatic heterocycles. The van der Waals surface area contributed by atoms with Gasteiger partial charge in [-0.2, -0.15) is 0 Å². The monoisotopic (exact) mass is 263 g/mol. The van der Waals surface area contributed by atoms with E-state index in [0.29, 0.717) is 6.04 Å². The molecule has 0 amide bonds. The van der Waals surface area contributed by atoms with Crippen molar-refractivity contribution >= 4 is 17.3 Å². The molecule has 0 radical (unpaired) electrons. The van der Waals surface area contributed by atoms with Crippen molar-refractivity contribution < 1.29 is 0 Å². The van der Waals surface area contributed by atoms with Crippen LogP contribution in [0.5, 0.6) is 0 Å². The highest BCUT2D eigenvalue weighted by Gasteiger charge is 2.22. The fourth-order valence-electron chi connectivity index (χ4n) is 2.85. The van der Waals surface area contributed by atoms with E-state index in [1.54, 1.807) is 0 Å². The Hall–Kier alpha value is -0.950. The summed E-state index contributed by atoms with van der Waals surface area (Å²) >= 11 is 5.91. The third kappa shape index (κ3) is 3.78. The maximum Gasteiger partial charge on any atom is 0.0407 e. The van der Waals surface area contributed by atoms with Crippen LogP contribution in [-0.4, -0.2) is 6.04 Å². The van der Waals surface area contributed by atoms with Crippen molar-refractivity contribution in [3.63, 3.8) is 0 Å². The van der Waals surface area contributed by atoms with E-state index in [1.807, 2.05) is 18.2 Å². The van der Waals surface area contributed by atoms with E-state index < -0.39 is 0 Å². The Labute approximate surface area is 115 Å². The van der Waals surface area contributed by atoms with Gasteiger partial charge in [-0.1, -0.05) is 36.9 Å². The molecule has 18 heavy (non-hydrogen) atoms. The molecule has 1 saturated carbocycles. The first kappa shape index (κ1) is 13.5. The van der Waals surface area contributed by atoms with Gasteiger partial charge in [0.15, 0.2) is 0 Å². The third-order valence-electron chi connectivity index (χ3n) is 3.84. The molecule has 0 saturated heterocycles. The Morgan fingerprint density at radius 2 is 1.89 bits per heavy atom. The molecule has 0 bridgehead atoms. The largest absolute Gasteiger partial charge is 0.382 e. The third-order valence-corrected chi connectivity index (χ3v) is 4.09. The van der Waals surface area contributed by atoms with Gasteiger partial charge in [-0.3, -0.25) is 0 Å². The Morgan fingerprint density at radius 3 is 2.50 bits per heavy atom. The quantitative estimate of drug-likeness (QED) is 0.713. The smallest absolute Gasteiger partial charge is 0.0407 e. The van der Waals surface area contributed by atoms with Crippen molar-refractivity contribution in [2.24, 2.45) is 5.92 Å². The Balaban J connectivity index is 2.00. The van der Waals surface area contributed by atoms with Crippen LogP contribution in [0.3, 0.4) is 0 Å². The van der Waals surface area contributed by atoms with Crippen LogP contribution >= 0.6 is 11.6 Å². The normalized spacial score (nSPS) is 18.3. The molecule has 1 nitrogen and oxygen atoms in total. The molecule has 1 aromatic rings. The first-order valence-electron chi connectivity index (χ1n) is 6.92. The number of hydrogen-bond acceptors (Lipinski definition) is 1. The van der Waals surface area contributed by atoms with E-state index in [0.717, 1.165) is 23.0 Å². The zero-order chi connectivity index (χ0) is 12.8. The lowest BCUT2D eigenvalue weighted by Crippen LogP contribution is -2.30. The van der Waals surface area contributed by atoms with Crippen molar-refractivity contribution in [2.45, 2.75) is 44.6 Å². The summed E-state index contributed by atoms with van der Waals surface area (Å²) in [5, 5.41) is 4.44. The SMILES string of the molecule is C=CCC(Nc1ccc(Cl)cc1)C1CCCCC1. The zero-order valence-electron chi connectivity index (χ0n) is 10.9. The molecule has 1 unspecified atom stereocenters. The summed E-state index contributed by atoms with van der Waals surface area (Å²) in [5.74, 6) is 0.785. The lowest BCUT2D eigenvalue weighted by Gasteiger charge is -2.31. The Morgan fingerprint density at radius 1 is 1.22 bits per heavy atom. The van der Waals surface area contributed by atoms with Crippen LogP contribution in [0.15, 0.2) is 36.9 Å². The van der Waals surface area contributed by atoms with Crippen molar-refractivity contribution in [1.82, 2.24) is 0 Å². The lowest BCUT2D eigenvalue weighted by atomic mass is 9.82. The summed E-state index contributed by atoms with van der Waals surface area (Å²) in [4.78, 5) is 0. The van der Waals surface area contributed by atoms with Gasteiger partial charge in [-0.25, -0.2) is 0 Å². The summed E-state index contributed by atoms with van der Waals surface area (Å²) in [6, 6.07) is 8.51. The van der Waals surface area contributed by atoms with Crippen LogP contribution in [0.25, 0.3) is 0 Å². The molecule has 0 heterocycles. The van der Waals surface area contributed by atoms with Crippen LogP contribution in [0.4, 0.5) is 5.69 Å². The van der Waals surface area contributed by atoms with Crippen molar-refractivity contribution in [3.8, 4) is 0 Å². The molecular weight excluding hydrogens is 242 g/mol. The second-order valence-corrected chi connectivity index (χ2v) is 5.62. The molecule has 0 spiro atoms. The predicted octanol–water partition coefficient (Wildman–Crippen LogP) is 5.28. The number of rotatable bonds is 5. The molecule has 1 aliphatic carbocycles. The average molecular weight is 264 g/mol. The summed E-state index contributed by atoms with van der Waals surface area (Å²) in [6.45, 7) is 3.89. The Kier molecular flexibility index (Phi) is 5.12. The molecular formula is C16H22ClN. The summed E-state index contributed by atoms with van der Waals surface area (Å²) in [7, 11) is 0. The molecule has 1 aromatic carbocycles. The van der Waals surface area contributed by atoms with E-state index in [9.17, 15) is 0 Å². The fraction of sp³-hybridized carbons (Fsp3) is 0.500. The van der Waals surface area contributed by atoms with Gasteiger partial charge in [0.2, 0.25) is 0 Å². The predicted molar refractivity (Wildman–Crippen MR) is 80.3 cm³/mol. The zero-order valence-corrected chi connectivity index (χ0v) is 11.6. The van der Waals surface area contributed by atoms with E-state index in [4.69, 9.17) is 11.6 Å². The van der Waals surface area contributed by atoms with E-state index in [1.165, 1.54) is 32.1 Å². The summed E-state index contributed by atoms with van der Waals surface area (Å²) in [6.07, 6.45) is 9.91. The van der Waals surface area contributed by atoms with Crippen LogP contribution in [0, 0.1) is 5.92 Å². The first-order valence-corrected chi connectivity index (χ1v) is 7.30. The minimum Gasteiger partial charge on any atom is -0.382 e. The van der Waals surface area contributed by atoms with Gasteiger partial charge in [-0.15, -0.1) is 6.58 Å². The lowest BCUT2D eigenvalue weighted by molar-refractivity contribution is 0.318. The number of nitrogens with one attached hydrogen (secondary N) is 1. The molecule has 98 valence electrons. The van der Waals surface area contributed by atoms with Gasteiger partial charge in [-0.05, 0) is 49.4 Å². The van der Waals surface area contributed by atoms with Gasteiger partial charge in [0.05, 0.1) is 0 Å². The minimum absolute atomic E-state index is 0.518. The number of hydrogen-bond donors (Lipinski definition) is 1. The van der Waals surface area contributed by atoms with E-state index in [2.05, 4.69) is 24.0 Å². The highest BCUT2D eigenvalue weighted by atomic mass is 35.5. The van der Waals surface area contributed by atoms with Crippen molar-refractivity contribution in [3.05, 3.63) is 41.9 Å². The van der Waals surface area contributed by atoms with Crippen LogP contribution in [0.2, 0.25) is 5.02 Å². The fourth-order valence-corrected chi connectivity index (χ4v) is 2.97. The number of benzene rings is 1. The summed E-state index contributed by atoms with van der Waals surface area (Å²) < 4.78 is 0. The van der Waals surface area contributed by atoms with Gasteiger partial charge in [0.25, 0.3) is 0 Å². The molecule has 2 rings (SSSR count). The molecule has 1 fully saturated rings. The molecule has 1 aliphatic rings. The topological polar surface area (TPSA) is 12.0 Å². The van der Waals surface area contributed by atoms with Crippen molar-refractivity contribution in [2.75, 3.05) is 5.32 Å². The van der Waals surface area contributed by atoms with Gasteiger partial charge < -0.3 is 5.32 Å². The maximum absolute atomic E-state index is 5.91. The van der Waals surface area contributed by atoms with Gasteiger partial charge >= 0.3 is 0 Å². The second-order valence-electron chi connectivity index (χ2n) is 5.18. The number of anilines is 1. The maximum atomic E-state index is 5.91. The first-order chi connectivity index (χ1) is 8.79. The number of halogens is 1. The van der Waals surface area contributed by atoms with Crippen LogP contribution < -0.4 is 5.32 Å². The van der Waals surface area contributed by atoms with Crippen molar-refractivity contribution in [1.29, 1.82) is 0 Å². The molecule has 1 atom stereocenters.